The van der Waals surface area contributed by atoms with Gasteiger partial charge in [-0.1, -0.05) is 72.8 Å². The monoisotopic (exact) mass is 708 g/mol. The Labute approximate surface area is 300 Å². The first-order valence-electron chi connectivity index (χ1n) is 16.3. The van der Waals surface area contributed by atoms with Gasteiger partial charge in [-0.25, -0.2) is 9.59 Å². The summed E-state index contributed by atoms with van der Waals surface area (Å²) in [6.45, 7) is 0. The summed E-state index contributed by atoms with van der Waals surface area (Å²) in [7, 11) is 7.18. The van der Waals surface area contributed by atoms with Crippen LogP contribution in [-0.2, 0) is 19.1 Å². The summed E-state index contributed by atoms with van der Waals surface area (Å²) >= 11 is 3.12. The van der Waals surface area contributed by atoms with E-state index in [1.165, 1.54) is 0 Å². The van der Waals surface area contributed by atoms with E-state index in [-0.39, 0.29) is 12.8 Å². The molecule has 4 atom stereocenters. The lowest BCUT2D eigenvalue weighted by molar-refractivity contribution is -0.185. The van der Waals surface area contributed by atoms with Crippen LogP contribution in [0.2, 0.25) is 0 Å². The molecule has 2 heterocycles. The van der Waals surface area contributed by atoms with Crippen molar-refractivity contribution in [3.05, 3.63) is 130 Å². The standard InChI is InChI=1S/C40H40N2O6S2/c1-41(2)37(23-35(29-19-21-49-25-29)45-33-17-9-13-27-11-5-7-15-31(27)33)47-39(43)40(44)48-38(42(3)4)24-36(30-20-22-50-26-30)46-34-18-10-14-28-12-6-8-16-32(28)34/h5-22,25-26,35-38H,23-24H2,1-4H3. The lowest BCUT2D eigenvalue weighted by Crippen LogP contribution is -2.41. The summed E-state index contributed by atoms with van der Waals surface area (Å²) in [5.41, 5.74) is 1.90. The quantitative estimate of drug-likeness (QED) is 0.0632. The van der Waals surface area contributed by atoms with Gasteiger partial charge in [-0.15, -0.1) is 0 Å². The van der Waals surface area contributed by atoms with Crippen LogP contribution in [0, 0.1) is 0 Å². The zero-order chi connectivity index (χ0) is 35.0. The van der Waals surface area contributed by atoms with Gasteiger partial charge in [0, 0.05) is 34.7 Å². The molecule has 0 aliphatic carbocycles. The molecular weight excluding hydrogens is 669 g/mol. The zero-order valence-corrected chi connectivity index (χ0v) is 30.1. The van der Waals surface area contributed by atoms with Gasteiger partial charge in [-0.05, 0) is 84.7 Å². The van der Waals surface area contributed by atoms with Gasteiger partial charge in [-0.2, -0.15) is 22.7 Å². The highest BCUT2D eigenvalue weighted by Crippen LogP contribution is 2.35. The summed E-state index contributed by atoms with van der Waals surface area (Å²) < 4.78 is 24.8. The summed E-state index contributed by atoms with van der Waals surface area (Å²) in [5, 5.41) is 12.1. The molecule has 258 valence electrons. The molecule has 0 fully saturated rings. The third-order valence-corrected chi connectivity index (χ3v) is 9.91. The Kier molecular flexibility index (Phi) is 11.5. The van der Waals surface area contributed by atoms with Gasteiger partial charge < -0.3 is 18.9 Å². The maximum atomic E-state index is 13.4. The molecule has 0 radical (unpaired) electrons. The molecular formula is C40H40N2O6S2. The number of esters is 2. The molecule has 0 saturated heterocycles. The minimum absolute atomic E-state index is 0.280. The van der Waals surface area contributed by atoms with Crippen molar-refractivity contribution in [3.8, 4) is 11.5 Å². The van der Waals surface area contributed by atoms with Gasteiger partial charge in [0.15, 0.2) is 12.5 Å². The van der Waals surface area contributed by atoms with E-state index in [2.05, 4.69) is 0 Å². The Morgan fingerprint density at radius 2 is 0.960 bits per heavy atom. The Balaban J connectivity index is 1.16. The van der Waals surface area contributed by atoms with Gasteiger partial charge in [-0.3, -0.25) is 9.80 Å². The Morgan fingerprint density at radius 3 is 1.34 bits per heavy atom. The molecule has 6 rings (SSSR count). The van der Waals surface area contributed by atoms with Crippen molar-refractivity contribution in [3.63, 3.8) is 0 Å². The summed E-state index contributed by atoms with van der Waals surface area (Å²) in [6.07, 6.45) is -1.89. The van der Waals surface area contributed by atoms with Gasteiger partial charge >= 0.3 is 11.9 Å². The number of rotatable bonds is 14. The molecule has 6 aromatic rings. The first-order chi connectivity index (χ1) is 24.3. The first-order valence-corrected chi connectivity index (χ1v) is 18.2. The molecule has 10 heteroatoms. The van der Waals surface area contributed by atoms with Crippen molar-refractivity contribution in [2.45, 2.75) is 37.5 Å². The summed E-state index contributed by atoms with van der Waals surface area (Å²) in [5.74, 6) is -0.705. The maximum Gasteiger partial charge on any atom is 0.419 e. The van der Waals surface area contributed by atoms with E-state index >= 15 is 0 Å². The highest BCUT2D eigenvalue weighted by atomic mass is 32.1. The zero-order valence-electron chi connectivity index (χ0n) is 28.4. The van der Waals surface area contributed by atoms with Gasteiger partial charge in [0.25, 0.3) is 0 Å². The highest BCUT2D eigenvalue weighted by Gasteiger charge is 2.32. The number of ether oxygens (including phenoxy) is 4. The van der Waals surface area contributed by atoms with E-state index < -0.39 is 36.6 Å². The smallest absolute Gasteiger partial charge is 0.419 e. The molecule has 0 aliphatic rings. The minimum atomic E-state index is -1.08. The van der Waals surface area contributed by atoms with E-state index in [0.717, 1.165) is 44.2 Å². The molecule has 50 heavy (non-hydrogen) atoms. The topological polar surface area (TPSA) is 77.5 Å². The molecule has 0 aliphatic heterocycles. The van der Waals surface area contributed by atoms with E-state index in [9.17, 15) is 9.59 Å². The van der Waals surface area contributed by atoms with Crippen LogP contribution in [0.5, 0.6) is 11.5 Å². The molecule has 0 N–H and O–H groups in total. The predicted molar refractivity (Wildman–Crippen MR) is 200 cm³/mol. The lowest BCUT2D eigenvalue weighted by Gasteiger charge is -2.30. The van der Waals surface area contributed by atoms with Crippen LogP contribution in [-0.4, -0.2) is 62.4 Å². The number of hydrogen-bond donors (Lipinski definition) is 0. The highest BCUT2D eigenvalue weighted by molar-refractivity contribution is 7.08. The SMILES string of the molecule is CN(C)C(CC(Oc1cccc2ccccc12)c1ccsc1)OC(=O)C(=O)OC(CC(Oc1cccc2ccccc12)c1ccsc1)N(C)C. The molecule has 0 bridgehead atoms. The molecule has 0 amide bonds. The molecule has 4 unspecified atom stereocenters. The second-order valence-electron chi connectivity index (χ2n) is 12.4. The van der Waals surface area contributed by atoms with Gasteiger partial charge in [0.2, 0.25) is 0 Å². The van der Waals surface area contributed by atoms with E-state index in [1.807, 2.05) is 119 Å². The van der Waals surface area contributed by atoms with Crippen LogP contribution in [0.4, 0.5) is 0 Å². The lowest BCUT2D eigenvalue weighted by atomic mass is 10.1. The largest absolute Gasteiger partial charge is 0.485 e. The summed E-state index contributed by atoms with van der Waals surface area (Å²) in [4.78, 5) is 30.2. The van der Waals surface area contributed by atoms with Crippen molar-refractivity contribution in [1.82, 2.24) is 9.80 Å². The van der Waals surface area contributed by atoms with Crippen LogP contribution >= 0.6 is 22.7 Å². The van der Waals surface area contributed by atoms with E-state index in [0.29, 0.717) is 0 Å². The van der Waals surface area contributed by atoms with Gasteiger partial charge in [0.05, 0.1) is 0 Å². The second kappa shape index (κ2) is 16.3. The molecule has 2 aromatic heterocycles. The van der Waals surface area contributed by atoms with Crippen molar-refractivity contribution in [1.29, 1.82) is 0 Å². The average molecular weight is 709 g/mol. The normalized spacial score (nSPS) is 14.0. The van der Waals surface area contributed by atoms with Crippen molar-refractivity contribution in [2.24, 2.45) is 0 Å². The number of hydrogen-bond acceptors (Lipinski definition) is 10. The number of thiophene rings is 2. The molecule has 4 aromatic carbocycles. The molecule has 8 nitrogen and oxygen atoms in total. The van der Waals surface area contributed by atoms with E-state index in [4.69, 9.17) is 18.9 Å². The fourth-order valence-electron chi connectivity index (χ4n) is 5.76. The van der Waals surface area contributed by atoms with Crippen molar-refractivity contribution in [2.75, 3.05) is 28.2 Å². The van der Waals surface area contributed by atoms with Gasteiger partial charge in [0.1, 0.15) is 23.7 Å². The van der Waals surface area contributed by atoms with Crippen LogP contribution in [0.25, 0.3) is 21.5 Å². The Morgan fingerprint density at radius 1 is 0.560 bits per heavy atom. The molecule has 0 saturated carbocycles. The number of carbonyl (C=O) groups is 2. The Hall–Kier alpha value is -4.74. The van der Waals surface area contributed by atoms with Crippen LogP contribution < -0.4 is 9.47 Å². The van der Waals surface area contributed by atoms with Crippen LogP contribution in [0.3, 0.4) is 0 Å². The van der Waals surface area contributed by atoms with Crippen molar-refractivity contribution >= 4 is 56.2 Å². The fraction of sp³-hybridized carbons (Fsp3) is 0.250. The number of fused-ring (bicyclic) bond motifs is 2. The van der Waals surface area contributed by atoms with Crippen molar-refractivity contribution < 1.29 is 28.5 Å². The number of benzene rings is 4. The maximum absolute atomic E-state index is 13.4. The number of nitrogens with zero attached hydrogens (tertiary/aromatic N) is 2. The van der Waals surface area contributed by atoms with E-state index in [1.54, 1.807) is 60.7 Å². The molecule has 0 spiro atoms. The third kappa shape index (κ3) is 8.51. The number of carbonyl (C=O) groups excluding carboxylic acids is 2. The average Bonchev–Trinajstić information content (AvgIpc) is 3.86. The summed E-state index contributed by atoms with van der Waals surface area (Å²) in [6, 6.07) is 31.9. The van der Waals surface area contributed by atoms with Crippen LogP contribution in [0.1, 0.15) is 36.2 Å². The van der Waals surface area contributed by atoms with Crippen LogP contribution in [0.15, 0.2) is 119 Å². The fourth-order valence-corrected chi connectivity index (χ4v) is 7.17. The predicted octanol–water partition coefficient (Wildman–Crippen LogP) is 8.70. The Bertz CT molecular complexity index is 1860. The minimum Gasteiger partial charge on any atom is -0.485 e. The third-order valence-electron chi connectivity index (χ3n) is 8.50. The second-order valence-corrected chi connectivity index (χ2v) is 14.0. The first kappa shape index (κ1) is 35.1.